The van der Waals surface area contributed by atoms with E-state index in [1.807, 2.05) is 0 Å². The number of ether oxygens (including phenoxy) is 1. The molecule has 1 rings (SSSR count). The van der Waals surface area contributed by atoms with Gasteiger partial charge in [0.05, 0.1) is 11.5 Å². The van der Waals surface area contributed by atoms with Crippen LogP contribution in [0.25, 0.3) is 0 Å². The lowest BCUT2D eigenvalue weighted by atomic mass is 10.2. The van der Waals surface area contributed by atoms with Crippen molar-refractivity contribution in [2.75, 3.05) is 34.3 Å². The minimum Gasteiger partial charge on any atom is -0.465 e. The Hall–Kier alpha value is -1.93. The fourth-order valence-electron chi connectivity index (χ4n) is 1.67. The van der Waals surface area contributed by atoms with E-state index in [9.17, 15) is 18.0 Å². The molecule has 0 heterocycles. The second-order valence-corrected chi connectivity index (χ2v) is 6.93. The van der Waals surface area contributed by atoms with Crippen LogP contribution in [-0.2, 0) is 19.6 Å². The average molecular weight is 328 g/mol. The van der Waals surface area contributed by atoms with Crippen LogP contribution >= 0.6 is 0 Å². The van der Waals surface area contributed by atoms with Crippen molar-refractivity contribution in [1.29, 1.82) is 0 Å². The van der Waals surface area contributed by atoms with Crippen LogP contribution in [-0.4, -0.2) is 63.8 Å². The maximum absolute atomic E-state index is 12.1. The topological polar surface area (TPSA) is 84.0 Å². The van der Waals surface area contributed by atoms with E-state index < -0.39 is 16.0 Å². The quantitative estimate of drug-likeness (QED) is 0.713. The minimum absolute atomic E-state index is 0.0992. The van der Waals surface area contributed by atoms with Crippen molar-refractivity contribution >= 4 is 21.9 Å². The summed E-state index contributed by atoms with van der Waals surface area (Å²) in [6.07, 6.45) is 0. The Morgan fingerprint density at radius 3 is 2.09 bits per heavy atom. The van der Waals surface area contributed by atoms with Crippen molar-refractivity contribution < 1.29 is 22.7 Å². The number of carbonyl (C=O) groups is 2. The van der Waals surface area contributed by atoms with E-state index in [2.05, 4.69) is 0 Å². The van der Waals surface area contributed by atoms with E-state index >= 15 is 0 Å². The van der Waals surface area contributed by atoms with Crippen molar-refractivity contribution in [3.63, 3.8) is 0 Å². The van der Waals surface area contributed by atoms with E-state index in [-0.39, 0.29) is 24.0 Å². The van der Waals surface area contributed by atoms with E-state index in [1.54, 1.807) is 6.92 Å². The lowest BCUT2D eigenvalue weighted by Crippen LogP contribution is -2.33. The lowest BCUT2D eigenvalue weighted by molar-refractivity contribution is -0.143. The summed E-state index contributed by atoms with van der Waals surface area (Å²) in [5.41, 5.74) is 0.296. The molecule has 0 spiro atoms. The Labute approximate surface area is 130 Å². The number of amides is 1. The van der Waals surface area contributed by atoms with Crippen molar-refractivity contribution in [2.45, 2.75) is 11.8 Å². The first-order valence-corrected chi connectivity index (χ1v) is 8.07. The van der Waals surface area contributed by atoms with Crippen LogP contribution in [0.3, 0.4) is 0 Å². The summed E-state index contributed by atoms with van der Waals surface area (Å²) in [6.45, 7) is 1.77. The number of likely N-dealkylation sites (N-methyl/N-ethyl adjacent to an activating group) is 1. The molecule has 1 amide bonds. The molecule has 1 aromatic carbocycles. The van der Waals surface area contributed by atoms with Gasteiger partial charge in [-0.1, -0.05) is 0 Å². The Kier molecular flexibility index (Phi) is 6.07. The van der Waals surface area contributed by atoms with Crippen LogP contribution in [0.15, 0.2) is 29.2 Å². The van der Waals surface area contributed by atoms with Crippen molar-refractivity contribution in [1.82, 2.24) is 9.21 Å². The first-order chi connectivity index (χ1) is 10.2. The zero-order chi connectivity index (χ0) is 16.9. The molecule has 0 radical (unpaired) electrons. The van der Waals surface area contributed by atoms with Gasteiger partial charge in [0.25, 0.3) is 5.91 Å². The minimum atomic E-state index is -3.53. The molecule has 0 saturated heterocycles. The van der Waals surface area contributed by atoms with E-state index in [4.69, 9.17) is 4.74 Å². The molecule has 8 heteroatoms. The number of sulfonamides is 1. The van der Waals surface area contributed by atoms with Gasteiger partial charge >= 0.3 is 5.97 Å². The van der Waals surface area contributed by atoms with Gasteiger partial charge in [-0.25, -0.2) is 12.7 Å². The molecule has 7 nitrogen and oxygen atoms in total. The standard InChI is InChI=1S/C14H20N2O5S/c1-5-21-13(17)10-16(4)14(18)11-6-8-12(9-7-11)22(19,20)15(2)3/h6-9H,5,10H2,1-4H3. The third-order valence-corrected chi connectivity index (χ3v) is 4.73. The van der Waals surface area contributed by atoms with Crippen molar-refractivity contribution in [3.05, 3.63) is 29.8 Å². The van der Waals surface area contributed by atoms with Crippen molar-refractivity contribution in [3.8, 4) is 0 Å². The Balaban J connectivity index is 2.87. The maximum Gasteiger partial charge on any atom is 0.325 e. The van der Waals surface area contributed by atoms with Crippen LogP contribution in [0.5, 0.6) is 0 Å². The number of hydrogen-bond donors (Lipinski definition) is 0. The SMILES string of the molecule is CCOC(=O)CN(C)C(=O)c1ccc(S(=O)(=O)N(C)C)cc1. The number of benzene rings is 1. The second kappa shape index (κ2) is 7.37. The molecule has 0 aromatic heterocycles. The Bertz CT molecular complexity index is 638. The molecule has 0 bridgehead atoms. The average Bonchev–Trinajstić information content (AvgIpc) is 2.46. The molecule has 0 atom stereocenters. The van der Waals surface area contributed by atoms with Gasteiger partial charge in [-0.05, 0) is 31.2 Å². The third-order valence-electron chi connectivity index (χ3n) is 2.90. The molecular formula is C14H20N2O5S. The Morgan fingerprint density at radius 1 is 1.09 bits per heavy atom. The van der Waals surface area contributed by atoms with Gasteiger partial charge in [0.2, 0.25) is 10.0 Å². The second-order valence-electron chi connectivity index (χ2n) is 4.78. The van der Waals surface area contributed by atoms with Crippen LogP contribution in [0, 0.1) is 0 Å². The zero-order valence-electron chi connectivity index (χ0n) is 13.1. The normalized spacial score (nSPS) is 11.3. The van der Waals surface area contributed by atoms with Gasteiger partial charge in [0, 0.05) is 26.7 Å². The molecule has 0 N–H and O–H groups in total. The predicted molar refractivity (Wildman–Crippen MR) is 80.9 cm³/mol. The first kappa shape index (κ1) is 18.1. The molecule has 0 aliphatic heterocycles. The van der Waals surface area contributed by atoms with Gasteiger partial charge in [0.15, 0.2) is 0 Å². The number of hydrogen-bond acceptors (Lipinski definition) is 5. The van der Waals surface area contributed by atoms with Gasteiger partial charge < -0.3 is 9.64 Å². The number of esters is 1. The summed E-state index contributed by atoms with van der Waals surface area (Å²) in [5, 5.41) is 0. The van der Waals surface area contributed by atoms with Gasteiger partial charge in [-0.3, -0.25) is 9.59 Å². The van der Waals surface area contributed by atoms with Gasteiger partial charge in [0.1, 0.15) is 6.54 Å². The summed E-state index contributed by atoms with van der Waals surface area (Å²) in [7, 11) is 0.808. The molecule has 22 heavy (non-hydrogen) atoms. The first-order valence-electron chi connectivity index (χ1n) is 6.63. The van der Waals surface area contributed by atoms with E-state index in [0.717, 1.165) is 4.31 Å². The van der Waals surface area contributed by atoms with Crippen LogP contribution < -0.4 is 0 Å². The summed E-state index contributed by atoms with van der Waals surface area (Å²) in [4.78, 5) is 24.8. The fraction of sp³-hybridized carbons (Fsp3) is 0.429. The molecule has 0 fully saturated rings. The van der Waals surface area contributed by atoms with Crippen molar-refractivity contribution in [2.24, 2.45) is 0 Å². The monoisotopic (exact) mass is 328 g/mol. The number of rotatable bonds is 6. The highest BCUT2D eigenvalue weighted by Gasteiger charge is 2.19. The lowest BCUT2D eigenvalue weighted by Gasteiger charge is -2.16. The van der Waals surface area contributed by atoms with E-state index in [1.165, 1.54) is 50.3 Å². The maximum atomic E-state index is 12.1. The summed E-state index contributed by atoms with van der Waals surface area (Å²) in [5.74, 6) is -0.882. The largest absolute Gasteiger partial charge is 0.465 e. The molecule has 1 aromatic rings. The highest BCUT2D eigenvalue weighted by molar-refractivity contribution is 7.89. The molecule has 0 aliphatic carbocycles. The molecule has 0 unspecified atom stereocenters. The third kappa shape index (κ3) is 4.28. The number of nitrogens with zero attached hydrogens (tertiary/aromatic N) is 2. The summed E-state index contributed by atoms with van der Waals surface area (Å²) >= 11 is 0. The summed E-state index contributed by atoms with van der Waals surface area (Å²) in [6, 6.07) is 5.56. The molecule has 0 saturated carbocycles. The molecule has 0 aliphatic rings. The highest BCUT2D eigenvalue weighted by atomic mass is 32.2. The van der Waals surface area contributed by atoms with Crippen LogP contribution in [0.1, 0.15) is 17.3 Å². The van der Waals surface area contributed by atoms with Gasteiger partial charge in [-0.15, -0.1) is 0 Å². The molecule has 122 valence electrons. The Morgan fingerprint density at radius 2 is 1.64 bits per heavy atom. The highest BCUT2D eigenvalue weighted by Crippen LogP contribution is 2.14. The zero-order valence-corrected chi connectivity index (χ0v) is 13.9. The number of carbonyl (C=O) groups excluding carboxylic acids is 2. The molecular weight excluding hydrogens is 308 g/mol. The fourth-order valence-corrected chi connectivity index (χ4v) is 2.57. The van der Waals surface area contributed by atoms with Crippen LogP contribution in [0.2, 0.25) is 0 Å². The predicted octanol–water partition coefficient (Wildman–Crippen LogP) is 0.572. The van der Waals surface area contributed by atoms with Crippen LogP contribution in [0.4, 0.5) is 0 Å². The summed E-state index contributed by atoms with van der Waals surface area (Å²) < 4.78 is 29.7. The smallest absolute Gasteiger partial charge is 0.325 e. The van der Waals surface area contributed by atoms with Gasteiger partial charge in [-0.2, -0.15) is 0 Å². The van der Waals surface area contributed by atoms with E-state index in [0.29, 0.717) is 5.56 Å².